The molecule has 0 aliphatic heterocycles. The molecule has 0 spiro atoms. The Morgan fingerprint density at radius 3 is 2.38 bits per heavy atom. The van der Waals surface area contributed by atoms with E-state index >= 15 is 0 Å². The molecule has 0 heterocycles. The maximum atomic E-state index is 11.4. The van der Waals surface area contributed by atoms with Crippen molar-refractivity contribution in [3.05, 3.63) is 18.2 Å². The summed E-state index contributed by atoms with van der Waals surface area (Å²) in [5.74, 6) is 1.50. The SMILES string of the molecule is CCC1CCC(CNc2cc(S(N)(=O)=O)ccc2N)CC1. The molecule has 6 heteroatoms. The smallest absolute Gasteiger partial charge is 0.238 e. The van der Waals surface area contributed by atoms with Crippen LogP contribution in [0.2, 0.25) is 0 Å². The molecule has 1 saturated carbocycles. The van der Waals surface area contributed by atoms with Crippen LogP contribution in [-0.2, 0) is 10.0 Å². The first kappa shape index (κ1) is 16.1. The van der Waals surface area contributed by atoms with Crippen molar-refractivity contribution in [2.75, 3.05) is 17.6 Å². The van der Waals surface area contributed by atoms with Gasteiger partial charge < -0.3 is 11.1 Å². The Kier molecular flexibility index (Phi) is 5.11. The summed E-state index contributed by atoms with van der Waals surface area (Å²) in [7, 11) is -3.69. The molecule has 0 bridgehead atoms. The molecule has 21 heavy (non-hydrogen) atoms. The number of benzene rings is 1. The van der Waals surface area contributed by atoms with E-state index in [0.717, 1.165) is 12.5 Å². The number of nitrogen functional groups attached to an aromatic ring is 1. The number of nitrogens with one attached hydrogen (secondary N) is 1. The summed E-state index contributed by atoms with van der Waals surface area (Å²) in [4.78, 5) is 0.0916. The predicted octanol–water partition coefficient (Wildman–Crippen LogP) is 2.54. The first-order valence-corrected chi connectivity index (χ1v) is 9.11. The molecule has 1 aliphatic carbocycles. The summed E-state index contributed by atoms with van der Waals surface area (Å²) in [5.41, 5.74) is 7.09. The summed E-state index contributed by atoms with van der Waals surface area (Å²) in [5, 5.41) is 8.43. The Bertz CT molecular complexity index is 579. The quantitative estimate of drug-likeness (QED) is 0.728. The number of anilines is 2. The van der Waals surface area contributed by atoms with Crippen LogP contribution in [0.1, 0.15) is 39.0 Å². The molecule has 1 aromatic carbocycles. The van der Waals surface area contributed by atoms with E-state index in [-0.39, 0.29) is 4.90 Å². The van der Waals surface area contributed by atoms with Crippen LogP contribution in [0, 0.1) is 11.8 Å². The third kappa shape index (κ3) is 4.35. The average molecular weight is 311 g/mol. The molecular formula is C15H25N3O2S. The monoisotopic (exact) mass is 311 g/mol. The number of rotatable bonds is 5. The van der Waals surface area contributed by atoms with Crippen LogP contribution in [0.15, 0.2) is 23.1 Å². The lowest BCUT2D eigenvalue weighted by molar-refractivity contribution is 0.278. The van der Waals surface area contributed by atoms with Crippen LogP contribution in [0.25, 0.3) is 0 Å². The minimum Gasteiger partial charge on any atom is -0.397 e. The van der Waals surface area contributed by atoms with Gasteiger partial charge in [0.05, 0.1) is 16.3 Å². The van der Waals surface area contributed by atoms with Crippen molar-refractivity contribution in [3.63, 3.8) is 0 Å². The molecule has 0 amide bonds. The van der Waals surface area contributed by atoms with Crippen molar-refractivity contribution in [2.24, 2.45) is 17.0 Å². The molecule has 2 rings (SSSR count). The highest BCUT2D eigenvalue weighted by Gasteiger charge is 2.20. The van der Waals surface area contributed by atoms with E-state index < -0.39 is 10.0 Å². The van der Waals surface area contributed by atoms with Gasteiger partial charge in [0.2, 0.25) is 10.0 Å². The van der Waals surface area contributed by atoms with Crippen LogP contribution in [0.4, 0.5) is 11.4 Å². The Morgan fingerprint density at radius 1 is 1.19 bits per heavy atom. The van der Waals surface area contributed by atoms with E-state index in [9.17, 15) is 8.42 Å². The summed E-state index contributed by atoms with van der Waals surface area (Å²) in [6, 6.07) is 4.53. The fourth-order valence-electron chi connectivity index (χ4n) is 2.96. The number of nitrogens with two attached hydrogens (primary N) is 2. The van der Waals surface area contributed by atoms with Gasteiger partial charge in [-0.15, -0.1) is 0 Å². The minimum absolute atomic E-state index is 0.0916. The van der Waals surface area contributed by atoms with Gasteiger partial charge in [-0.3, -0.25) is 0 Å². The zero-order chi connectivity index (χ0) is 15.5. The lowest BCUT2D eigenvalue weighted by Crippen LogP contribution is -2.21. The standard InChI is InChI=1S/C15H25N3O2S/c1-2-11-3-5-12(6-4-11)10-18-15-9-13(21(17,19)20)7-8-14(15)16/h7-9,11-12,18H,2-6,10,16H2,1H3,(H2,17,19,20). The van der Waals surface area contributed by atoms with Gasteiger partial charge in [0.1, 0.15) is 0 Å². The second-order valence-corrected chi connectivity index (χ2v) is 7.53. The number of sulfonamides is 1. The predicted molar refractivity (Wildman–Crippen MR) is 86.5 cm³/mol. The zero-order valence-corrected chi connectivity index (χ0v) is 13.3. The third-order valence-electron chi connectivity index (χ3n) is 4.48. The maximum Gasteiger partial charge on any atom is 0.238 e. The van der Waals surface area contributed by atoms with E-state index in [4.69, 9.17) is 10.9 Å². The summed E-state index contributed by atoms with van der Waals surface area (Å²) in [6.07, 6.45) is 6.29. The molecule has 0 aromatic heterocycles. The number of hydrogen-bond donors (Lipinski definition) is 3. The van der Waals surface area contributed by atoms with Crippen LogP contribution >= 0.6 is 0 Å². The largest absolute Gasteiger partial charge is 0.397 e. The van der Waals surface area contributed by atoms with Gasteiger partial charge in [-0.05, 0) is 42.9 Å². The van der Waals surface area contributed by atoms with E-state index in [2.05, 4.69) is 12.2 Å². The Morgan fingerprint density at radius 2 is 1.81 bits per heavy atom. The fraction of sp³-hybridized carbons (Fsp3) is 0.600. The Balaban J connectivity index is 1.97. The number of primary sulfonamides is 1. The van der Waals surface area contributed by atoms with E-state index in [1.165, 1.54) is 44.2 Å². The molecule has 0 atom stereocenters. The van der Waals surface area contributed by atoms with Crippen LogP contribution in [0.5, 0.6) is 0 Å². The van der Waals surface area contributed by atoms with Gasteiger partial charge in [0.15, 0.2) is 0 Å². The van der Waals surface area contributed by atoms with Crippen molar-refractivity contribution in [1.29, 1.82) is 0 Å². The molecule has 0 saturated heterocycles. The highest BCUT2D eigenvalue weighted by molar-refractivity contribution is 7.89. The normalized spacial score (nSPS) is 23.0. The second kappa shape index (κ2) is 6.66. The van der Waals surface area contributed by atoms with E-state index in [0.29, 0.717) is 17.3 Å². The Labute approximate surface area is 127 Å². The molecule has 0 radical (unpaired) electrons. The second-order valence-electron chi connectivity index (χ2n) is 5.97. The van der Waals surface area contributed by atoms with Gasteiger partial charge >= 0.3 is 0 Å². The first-order valence-electron chi connectivity index (χ1n) is 7.56. The molecule has 5 N–H and O–H groups in total. The molecule has 1 aliphatic rings. The minimum atomic E-state index is -3.69. The van der Waals surface area contributed by atoms with E-state index in [1.54, 1.807) is 6.07 Å². The molecular weight excluding hydrogens is 286 g/mol. The highest BCUT2D eigenvalue weighted by atomic mass is 32.2. The molecule has 5 nitrogen and oxygen atoms in total. The summed E-state index contributed by atoms with van der Waals surface area (Å²) >= 11 is 0. The molecule has 118 valence electrons. The highest BCUT2D eigenvalue weighted by Crippen LogP contribution is 2.31. The van der Waals surface area contributed by atoms with Gasteiger partial charge in [0.25, 0.3) is 0 Å². The fourth-order valence-corrected chi connectivity index (χ4v) is 3.50. The van der Waals surface area contributed by atoms with Crippen molar-refractivity contribution >= 4 is 21.4 Å². The van der Waals surface area contributed by atoms with Gasteiger partial charge in [-0.25, -0.2) is 13.6 Å². The van der Waals surface area contributed by atoms with Crippen molar-refractivity contribution < 1.29 is 8.42 Å². The van der Waals surface area contributed by atoms with Crippen molar-refractivity contribution in [3.8, 4) is 0 Å². The van der Waals surface area contributed by atoms with Crippen LogP contribution in [-0.4, -0.2) is 15.0 Å². The lowest BCUT2D eigenvalue weighted by atomic mass is 9.81. The molecule has 0 unspecified atom stereocenters. The van der Waals surface area contributed by atoms with Gasteiger partial charge in [-0.2, -0.15) is 0 Å². The van der Waals surface area contributed by atoms with Crippen molar-refractivity contribution in [2.45, 2.75) is 43.9 Å². The maximum absolute atomic E-state index is 11.4. The van der Waals surface area contributed by atoms with Gasteiger partial charge in [-0.1, -0.05) is 26.2 Å². The lowest BCUT2D eigenvalue weighted by Gasteiger charge is -2.28. The van der Waals surface area contributed by atoms with Gasteiger partial charge in [0, 0.05) is 6.54 Å². The first-order chi connectivity index (χ1) is 9.90. The van der Waals surface area contributed by atoms with Crippen LogP contribution in [0.3, 0.4) is 0 Å². The van der Waals surface area contributed by atoms with Crippen molar-refractivity contribution in [1.82, 2.24) is 0 Å². The van der Waals surface area contributed by atoms with Crippen LogP contribution < -0.4 is 16.2 Å². The average Bonchev–Trinajstić information content (AvgIpc) is 2.45. The zero-order valence-electron chi connectivity index (χ0n) is 12.5. The molecule has 1 fully saturated rings. The Hall–Kier alpha value is -1.27. The number of hydrogen-bond acceptors (Lipinski definition) is 4. The topological polar surface area (TPSA) is 98.2 Å². The van der Waals surface area contributed by atoms with E-state index in [1.807, 2.05) is 0 Å². The summed E-state index contributed by atoms with van der Waals surface area (Å²) in [6.45, 7) is 3.08. The molecule has 1 aromatic rings. The summed E-state index contributed by atoms with van der Waals surface area (Å²) < 4.78 is 22.8. The third-order valence-corrected chi connectivity index (χ3v) is 5.39.